The van der Waals surface area contributed by atoms with E-state index in [2.05, 4.69) is 59.5 Å². The van der Waals surface area contributed by atoms with Crippen molar-refractivity contribution < 1.29 is 34.4 Å². The van der Waals surface area contributed by atoms with Gasteiger partial charge in [-0.05, 0) is 25.7 Å². The van der Waals surface area contributed by atoms with Gasteiger partial charge in [0.05, 0.1) is 0 Å². The van der Waals surface area contributed by atoms with Crippen LogP contribution in [0.4, 0.5) is 4.39 Å². The maximum absolute atomic E-state index is 14.6. The van der Waals surface area contributed by atoms with Crippen LogP contribution in [0.15, 0.2) is 78.7 Å². The molecule has 1 N–H and O–H groups in total. The van der Waals surface area contributed by atoms with Gasteiger partial charge in [-0.1, -0.05) is 47.6 Å². The molecule has 0 bridgehead atoms. The van der Waals surface area contributed by atoms with Gasteiger partial charge in [-0.2, -0.15) is 0 Å². The number of hydrogen-bond acceptors (Lipinski definition) is 3. The summed E-state index contributed by atoms with van der Waals surface area (Å²) in [6.07, 6.45) is 6.07. The van der Waals surface area contributed by atoms with Crippen LogP contribution in [0.5, 0.6) is 0 Å². The van der Waals surface area contributed by atoms with E-state index >= 15 is 0 Å². The molecule has 0 fully saturated rings. The van der Waals surface area contributed by atoms with Gasteiger partial charge in [0.25, 0.3) is 0 Å². The van der Waals surface area contributed by atoms with E-state index in [0.29, 0.717) is 5.56 Å². The number of aromatic nitrogens is 1. The Morgan fingerprint density at radius 2 is 1.48 bits per heavy atom. The second kappa shape index (κ2) is 16.5. The van der Waals surface area contributed by atoms with Crippen molar-refractivity contribution in [2.24, 2.45) is 10.8 Å². The van der Waals surface area contributed by atoms with Crippen molar-refractivity contribution in [1.82, 2.24) is 4.98 Å². The average molecular weight is 862 g/mol. The van der Waals surface area contributed by atoms with E-state index in [9.17, 15) is 14.3 Å². The number of allylic oxidation sites excluding steroid dienone is 2. The van der Waals surface area contributed by atoms with Crippen LogP contribution in [-0.2, 0) is 24.9 Å². The zero-order valence-electron chi connectivity index (χ0n) is 29.3. The Kier molecular flexibility index (Phi) is 14.2. The molecule has 0 spiro atoms. The number of fused-ring (bicyclic) bond motifs is 1. The van der Waals surface area contributed by atoms with E-state index in [4.69, 9.17) is 0 Å². The number of benzene rings is 3. The quantitative estimate of drug-likeness (QED) is 0.0748. The number of rotatable bonds is 10. The number of ketones is 1. The number of pyridine rings is 1. The third-order valence-electron chi connectivity index (χ3n) is 9.78. The minimum atomic E-state index is -1.88. The van der Waals surface area contributed by atoms with Crippen LogP contribution in [0.25, 0.3) is 33.2 Å². The summed E-state index contributed by atoms with van der Waals surface area (Å²) in [7, 11) is 0. The van der Waals surface area contributed by atoms with E-state index in [1.807, 2.05) is 77.9 Å². The van der Waals surface area contributed by atoms with Crippen LogP contribution < -0.4 is 4.40 Å². The molecule has 0 aliphatic heterocycles. The van der Waals surface area contributed by atoms with Crippen molar-refractivity contribution in [3.63, 3.8) is 0 Å². The molecule has 0 aliphatic carbocycles. The Morgan fingerprint density at radius 3 is 2.02 bits per heavy atom. The molecule has 249 valence electrons. The Hall–Kier alpha value is -2.60. The smallest absolute Gasteiger partial charge is 0 e. The second-order valence-electron chi connectivity index (χ2n) is 13.7. The fourth-order valence-electron chi connectivity index (χ4n) is 5.19. The fourth-order valence-corrected chi connectivity index (χ4v) is 7.64. The molecule has 0 aliphatic rings. The third kappa shape index (κ3) is 9.27. The summed E-state index contributed by atoms with van der Waals surface area (Å²) < 4.78 is 16.0. The Balaban J connectivity index is 0.000000356. The molecule has 0 amide bonds. The molecule has 1 aromatic heterocycles. The summed E-state index contributed by atoms with van der Waals surface area (Å²) in [6.45, 7) is 14.2. The predicted octanol–water partition coefficient (Wildman–Crippen LogP) is 11.0. The normalized spacial score (nSPS) is 12.3. The summed E-state index contributed by atoms with van der Waals surface area (Å²) in [5.41, 5.74) is 3.65. The van der Waals surface area contributed by atoms with Gasteiger partial charge in [-0.3, -0.25) is 4.79 Å². The zero-order valence-corrected chi connectivity index (χ0v) is 33.8. The number of nitrogens with zero attached hydrogens (tertiary/aromatic N) is 1. The molecule has 1 radical (unpaired) electrons. The van der Waals surface area contributed by atoms with Crippen molar-refractivity contribution in [2.75, 3.05) is 0 Å². The van der Waals surface area contributed by atoms with Crippen molar-refractivity contribution >= 4 is 34.2 Å². The summed E-state index contributed by atoms with van der Waals surface area (Å²) in [6, 6.07) is 23.9. The van der Waals surface area contributed by atoms with Crippen LogP contribution in [-0.4, -0.2) is 29.1 Å². The molecular formula is C40H51FGeIrNO2-. The van der Waals surface area contributed by atoms with Crippen LogP contribution in [0.1, 0.15) is 72.8 Å². The molecule has 6 heteroatoms. The van der Waals surface area contributed by atoms with Crippen molar-refractivity contribution in [2.45, 2.75) is 91.4 Å². The Labute approximate surface area is 292 Å². The molecule has 3 aromatic carbocycles. The first-order chi connectivity index (χ1) is 21.1. The van der Waals surface area contributed by atoms with Crippen LogP contribution in [0.3, 0.4) is 0 Å². The number of carbonyl (C=O) groups is 1. The van der Waals surface area contributed by atoms with Gasteiger partial charge >= 0.3 is 163 Å². The number of aliphatic hydroxyl groups excluding tert-OH is 1. The van der Waals surface area contributed by atoms with Crippen LogP contribution in [0.2, 0.25) is 17.3 Å². The van der Waals surface area contributed by atoms with Crippen molar-refractivity contribution in [3.8, 4) is 22.4 Å². The molecule has 46 heavy (non-hydrogen) atoms. The predicted molar refractivity (Wildman–Crippen MR) is 192 cm³/mol. The second-order valence-corrected chi connectivity index (χ2v) is 24.4. The van der Waals surface area contributed by atoms with Crippen molar-refractivity contribution in [1.29, 1.82) is 0 Å². The van der Waals surface area contributed by atoms with Gasteiger partial charge < -0.3 is 5.11 Å². The molecule has 0 saturated carbocycles. The summed E-state index contributed by atoms with van der Waals surface area (Å²) in [5, 5.41) is 12.4. The maximum atomic E-state index is 14.6. The third-order valence-corrected chi connectivity index (χ3v) is 14.1. The SMILES string of the molecule is CCC(C)(CC)C(=O)/C=C(\O)C(C)(CC)CC.Cc1cc(-c2cc(-c3cc[c]([Ge]([CH3])([CH3])[CH3])cc3)c(F)cn2)[c-]c2ccccc12.[Ir]. The van der Waals surface area contributed by atoms with E-state index in [0.717, 1.165) is 47.9 Å². The minimum absolute atomic E-state index is 0. The largest absolute Gasteiger partial charge is 0 e. The number of aliphatic hydroxyl groups is 1. The van der Waals surface area contributed by atoms with Gasteiger partial charge in [-0.15, -0.1) is 0 Å². The molecule has 0 atom stereocenters. The van der Waals surface area contributed by atoms with Crippen LogP contribution >= 0.6 is 0 Å². The standard InChI is InChI=1S/C25H23FGeN.C15H28O2.Ir/c1-17-13-20(14-19-7-5-6-8-22(17)19)25-15-23(24(26)16-28-25)18-9-11-21(12-10-18)27(2,3)4;1-7-14(5,8-2)12(16)11-13(17)15(6,9-3)10-4;/h5-13,15-16H,1-4H3;11,16H,7-10H2,1-6H3;/q-1;;/b;12-11-;. The maximum Gasteiger partial charge on any atom is 0 e. The molecule has 4 rings (SSSR count). The average Bonchev–Trinajstić information content (AvgIpc) is 3.04. The van der Waals surface area contributed by atoms with E-state index in [-0.39, 0.29) is 48.3 Å². The molecule has 1 heterocycles. The molecular weight excluding hydrogens is 810 g/mol. The number of carbonyl (C=O) groups excluding carboxylic acids is 1. The molecule has 0 unspecified atom stereocenters. The Morgan fingerprint density at radius 1 is 0.913 bits per heavy atom. The number of halogens is 1. The van der Waals surface area contributed by atoms with Gasteiger partial charge in [-0.25, -0.2) is 0 Å². The first kappa shape index (κ1) is 39.6. The van der Waals surface area contributed by atoms with E-state index < -0.39 is 13.3 Å². The fraction of sp³-hybridized carbons (Fsp3) is 0.400. The zero-order chi connectivity index (χ0) is 33.6. The van der Waals surface area contributed by atoms with Gasteiger partial charge in [0.2, 0.25) is 0 Å². The number of aryl methyl sites for hydroxylation is 1. The first-order valence-electron chi connectivity index (χ1n) is 16.3. The van der Waals surface area contributed by atoms with Crippen LogP contribution in [0, 0.1) is 29.6 Å². The van der Waals surface area contributed by atoms with E-state index in [1.165, 1.54) is 27.6 Å². The molecule has 4 aromatic rings. The van der Waals surface area contributed by atoms with Crippen molar-refractivity contribution in [3.05, 3.63) is 96.1 Å². The van der Waals surface area contributed by atoms with E-state index in [1.54, 1.807) is 0 Å². The minimum Gasteiger partial charge on any atom is 0 e. The Bertz CT molecular complexity index is 1650. The molecule has 3 nitrogen and oxygen atoms in total. The summed E-state index contributed by atoms with van der Waals surface area (Å²) in [5.74, 6) is 7.06. The summed E-state index contributed by atoms with van der Waals surface area (Å²) >= 11 is -1.88. The molecule has 0 saturated heterocycles. The van der Waals surface area contributed by atoms with Gasteiger partial charge in [0.15, 0.2) is 5.78 Å². The van der Waals surface area contributed by atoms with Gasteiger partial charge in [0, 0.05) is 37.0 Å². The summed E-state index contributed by atoms with van der Waals surface area (Å²) in [4.78, 5) is 16.5. The van der Waals surface area contributed by atoms with Gasteiger partial charge in [0.1, 0.15) is 5.76 Å². The number of hydrogen-bond donors (Lipinski definition) is 1. The monoisotopic (exact) mass is 863 g/mol. The first-order valence-corrected chi connectivity index (χ1v) is 23.6. The topological polar surface area (TPSA) is 50.2 Å².